The number of rotatable bonds is 0. The molecule has 0 fully saturated rings. The molecule has 3 heteroatoms. The first-order valence-corrected chi connectivity index (χ1v) is 6.60. The van der Waals surface area contributed by atoms with E-state index in [4.69, 9.17) is 9.47 Å². The Labute approximate surface area is 113 Å². The van der Waals surface area contributed by atoms with Crippen LogP contribution in [-0.4, -0.2) is 13.3 Å². The van der Waals surface area contributed by atoms with Gasteiger partial charge in [0, 0.05) is 12.2 Å². The van der Waals surface area contributed by atoms with Crippen LogP contribution in [0, 0.1) is 0 Å². The first kappa shape index (κ1) is 11.9. The number of benzene rings is 2. The van der Waals surface area contributed by atoms with Gasteiger partial charge in [-0.3, -0.25) is 0 Å². The fourth-order valence-corrected chi connectivity index (χ4v) is 2.26. The Morgan fingerprint density at radius 3 is 2.26 bits per heavy atom. The molecule has 0 aromatic heterocycles. The van der Waals surface area contributed by atoms with Crippen LogP contribution in [0.2, 0.25) is 0 Å². The summed E-state index contributed by atoms with van der Waals surface area (Å²) in [5.41, 5.74) is 2.79. The van der Waals surface area contributed by atoms with Crippen molar-refractivity contribution in [1.29, 1.82) is 0 Å². The van der Waals surface area contributed by atoms with Gasteiger partial charge in [0.2, 0.25) is 6.79 Å². The SMILES string of the molecule is c1ccc2c(c1)CCCN2.c1ccc2c(c1)OCO2. The third-order valence-electron chi connectivity index (χ3n) is 3.23. The molecule has 0 amide bonds. The highest BCUT2D eigenvalue weighted by Gasteiger charge is 2.09. The smallest absolute Gasteiger partial charge is 0.231 e. The first-order chi connectivity index (χ1) is 9.43. The predicted octanol–water partition coefficient (Wildman–Crippen LogP) is 3.46. The average Bonchev–Trinajstić information content (AvgIpc) is 2.96. The molecule has 0 saturated heterocycles. The van der Waals surface area contributed by atoms with Crippen molar-refractivity contribution < 1.29 is 9.47 Å². The summed E-state index contributed by atoms with van der Waals surface area (Å²) in [6.45, 7) is 1.50. The number of aryl methyl sites for hydroxylation is 1. The maximum atomic E-state index is 5.08. The third kappa shape index (κ3) is 2.81. The monoisotopic (exact) mass is 255 g/mol. The number of fused-ring (bicyclic) bond motifs is 2. The molecule has 98 valence electrons. The Morgan fingerprint density at radius 1 is 0.842 bits per heavy atom. The normalized spacial score (nSPS) is 14.7. The molecule has 2 aromatic carbocycles. The molecule has 2 aliphatic heterocycles. The number of nitrogens with one attached hydrogen (secondary N) is 1. The molecule has 2 aromatic rings. The van der Waals surface area contributed by atoms with Gasteiger partial charge in [0.15, 0.2) is 11.5 Å². The van der Waals surface area contributed by atoms with Crippen LogP contribution in [0.1, 0.15) is 12.0 Å². The van der Waals surface area contributed by atoms with Crippen molar-refractivity contribution in [3.63, 3.8) is 0 Å². The average molecular weight is 255 g/mol. The van der Waals surface area contributed by atoms with Crippen molar-refractivity contribution in [2.45, 2.75) is 12.8 Å². The Balaban J connectivity index is 0.000000117. The molecular weight excluding hydrogens is 238 g/mol. The van der Waals surface area contributed by atoms with Gasteiger partial charge in [0.05, 0.1) is 0 Å². The van der Waals surface area contributed by atoms with Gasteiger partial charge in [-0.2, -0.15) is 0 Å². The number of anilines is 1. The molecule has 0 atom stereocenters. The van der Waals surface area contributed by atoms with Crippen LogP contribution >= 0.6 is 0 Å². The molecule has 2 aliphatic rings. The van der Waals surface area contributed by atoms with E-state index in [1.165, 1.54) is 24.1 Å². The lowest BCUT2D eigenvalue weighted by atomic mass is 10.0. The molecule has 0 saturated carbocycles. The molecular formula is C16H17NO2. The molecule has 19 heavy (non-hydrogen) atoms. The number of hydrogen-bond donors (Lipinski definition) is 1. The lowest BCUT2D eigenvalue weighted by molar-refractivity contribution is 0.174. The van der Waals surface area contributed by atoms with Gasteiger partial charge in [0.25, 0.3) is 0 Å². The Morgan fingerprint density at radius 2 is 1.53 bits per heavy atom. The summed E-state index contributed by atoms with van der Waals surface area (Å²) in [5.74, 6) is 1.69. The number of para-hydroxylation sites is 3. The molecule has 0 spiro atoms. The summed E-state index contributed by atoms with van der Waals surface area (Å²) < 4.78 is 10.2. The Hall–Kier alpha value is -2.16. The molecule has 0 unspecified atom stereocenters. The summed E-state index contributed by atoms with van der Waals surface area (Å²) >= 11 is 0. The summed E-state index contributed by atoms with van der Waals surface area (Å²) in [6.07, 6.45) is 2.51. The van der Waals surface area contributed by atoms with Crippen LogP contribution in [0.3, 0.4) is 0 Å². The van der Waals surface area contributed by atoms with E-state index >= 15 is 0 Å². The summed E-state index contributed by atoms with van der Waals surface area (Å²) in [7, 11) is 0. The van der Waals surface area contributed by atoms with Crippen molar-refractivity contribution in [3.8, 4) is 11.5 Å². The Bertz CT molecular complexity index is 506. The van der Waals surface area contributed by atoms with Gasteiger partial charge in [0.1, 0.15) is 0 Å². The second kappa shape index (κ2) is 5.65. The van der Waals surface area contributed by atoms with E-state index in [1.54, 1.807) is 0 Å². The van der Waals surface area contributed by atoms with Crippen LogP contribution in [0.5, 0.6) is 11.5 Å². The largest absolute Gasteiger partial charge is 0.454 e. The van der Waals surface area contributed by atoms with Gasteiger partial charge >= 0.3 is 0 Å². The van der Waals surface area contributed by atoms with E-state index in [9.17, 15) is 0 Å². The highest BCUT2D eigenvalue weighted by atomic mass is 16.7. The van der Waals surface area contributed by atoms with Gasteiger partial charge in [-0.15, -0.1) is 0 Å². The fourth-order valence-electron chi connectivity index (χ4n) is 2.26. The minimum Gasteiger partial charge on any atom is -0.454 e. The van der Waals surface area contributed by atoms with Crippen molar-refractivity contribution in [1.82, 2.24) is 0 Å². The van der Waals surface area contributed by atoms with E-state index in [2.05, 4.69) is 29.6 Å². The minimum atomic E-state index is 0.360. The van der Waals surface area contributed by atoms with E-state index in [1.807, 2.05) is 24.3 Å². The summed E-state index contributed by atoms with van der Waals surface area (Å²) in [6, 6.07) is 16.2. The predicted molar refractivity (Wildman–Crippen MR) is 75.8 cm³/mol. The molecule has 2 heterocycles. The third-order valence-corrected chi connectivity index (χ3v) is 3.23. The summed E-state index contributed by atoms with van der Waals surface area (Å²) in [5, 5.41) is 3.36. The van der Waals surface area contributed by atoms with Crippen LogP contribution < -0.4 is 14.8 Å². The second-order valence-corrected chi connectivity index (χ2v) is 4.54. The van der Waals surface area contributed by atoms with Gasteiger partial charge in [-0.05, 0) is 36.6 Å². The molecule has 3 nitrogen and oxygen atoms in total. The maximum Gasteiger partial charge on any atom is 0.231 e. The maximum absolute atomic E-state index is 5.08. The second-order valence-electron chi connectivity index (χ2n) is 4.54. The Kier molecular flexibility index (Phi) is 3.54. The lowest BCUT2D eigenvalue weighted by Crippen LogP contribution is -2.10. The number of ether oxygens (including phenoxy) is 2. The zero-order valence-electron chi connectivity index (χ0n) is 10.8. The van der Waals surface area contributed by atoms with Gasteiger partial charge in [-0.25, -0.2) is 0 Å². The highest BCUT2D eigenvalue weighted by molar-refractivity contribution is 5.52. The van der Waals surface area contributed by atoms with E-state index in [-0.39, 0.29) is 0 Å². The van der Waals surface area contributed by atoms with Crippen LogP contribution in [-0.2, 0) is 6.42 Å². The minimum absolute atomic E-state index is 0.360. The van der Waals surface area contributed by atoms with Crippen LogP contribution in [0.4, 0.5) is 5.69 Å². The molecule has 0 radical (unpaired) electrons. The first-order valence-electron chi connectivity index (χ1n) is 6.60. The molecule has 0 aliphatic carbocycles. The molecule has 4 rings (SSSR count). The molecule has 1 N–H and O–H groups in total. The fraction of sp³-hybridized carbons (Fsp3) is 0.250. The quantitative estimate of drug-likeness (QED) is 0.782. The highest BCUT2D eigenvalue weighted by Crippen LogP contribution is 2.30. The van der Waals surface area contributed by atoms with E-state index in [0.717, 1.165) is 18.0 Å². The van der Waals surface area contributed by atoms with Crippen molar-refractivity contribution in [2.24, 2.45) is 0 Å². The van der Waals surface area contributed by atoms with Gasteiger partial charge < -0.3 is 14.8 Å². The van der Waals surface area contributed by atoms with Crippen LogP contribution in [0.25, 0.3) is 0 Å². The topological polar surface area (TPSA) is 30.5 Å². The van der Waals surface area contributed by atoms with Crippen molar-refractivity contribution >= 4 is 5.69 Å². The van der Waals surface area contributed by atoms with E-state index < -0.39 is 0 Å². The van der Waals surface area contributed by atoms with E-state index in [0.29, 0.717) is 6.79 Å². The lowest BCUT2D eigenvalue weighted by Gasteiger charge is -2.16. The standard InChI is InChI=1S/C9H11N.C7H6O2/c1-2-6-9-8(4-1)5-3-7-10-9;1-2-4-7-6(3-1)8-5-9-7/h1-2,4,6,10H,3,5,7H2;1-4H,5H2. The van der Waals surface area contributed by atoms with Crippen LogP contribution in [0.15, 0.2) is 48.5 Å². The number of hydrogen-bond acceptors (Lipinski definition) is 3. The van der Waals surface area contributed by atoms with Crippen molar-refractivity contribution in [2.75, 3.05) is 18.7 Å². The molecule has 0 bridgehead atoms. The summed E-state index contributed by atoms with van der Waals surface area (Å²) in [4.78, 5) is 0. The zero-order valence-corrected chi connectivity index (χ0v) is 10.8. The van der Waals surface area contributed by atoms with Crippen molar-refractivity contribution in [3.05, 3.63) is 54.1 Å². The zero-order chi connectivity index (χ0) is 12.9. The van der Waals surface area contributed by atoms with Gasteiger partial charge in [-0.1, -0.05) is 30.3 Å².